The third-order valence-electron chi connectivity index (χ3n) is 15.7. The molecule has 0 rings (SSSR count). The minimum absolute atomic E-state index is 0.0770. The molecule has 0 saturated carbocycles. The molecule has 0 saturated heterocycles. The van der Waals surface area contributed by atoms with Crippen molar-refractivity contribution in [1.29, 1.82) is 0 Å². The largest absolute Gasteiger partial charge is 0.472 e. The Kier molecular flexibility index (Phi) is 65.5. The number of carbonyl (C=O) groups excluding carboxylic acids is 4. The zero-order valence-corrected chi connectivity index (χ0v) is 61.2. The van der Waals surface area contributed by atoms with Crippen LogP contribution in [0.4, 0.5) is 0 Å². The molecule has 94 heavy (non-hydrogen) atoms. The van der Waals surface area contributed by atoms with Crippen LogP contribution in [-0.2, 0) is 65.4 Å². The summed E-state index contributed by atoms with van der Waals surface area (Å²) in [5, 5.41) is 10.6. The zero-order chi connectivity index (χ0) is 69.0. The van der Waals surface area contributed by atoms with Crippen LogP contribution in [0, 0.1) is 0 Å². The molecule has 0 amide bonds. The number of hydrogen-bond donors (Lipinski definition) is 3. The maximum absolute atomic E-state index is 13.0. The smallest absolute Gasteiger partial charge is 0.462 e. The van der Waals surface area contributed by atoms with Crippen molar-refractivity contribution in [2.75, 3.05) is 39.6 Å². The lowest BCUT2D eigenvalue weighted by Gasteiger charge is -2.21. The van der Waals surface area contributed by atoms with Gasteiger partial charge < -0.3 is 33.8 Å². The number of allylic oxidation sites excluding steroid dienone is 12. The minimum atomic E-state index is -4.97. The van der Waals surface area contributed by atoms with Gasteiger partial charge in [0.25, 0.3) is 0 Å². The fraction of sp³-hybridized carbons (Fsp3) is 0.787. The van der Waals surface area contributed by atoms with E-state index in [1.807, 2.05) is 0 Å². The molecule has 5 atom stereocenters. The van der Waals surface area contributed by atoms with Crippen LogP contribution in [0.1, 0.15) is 323 Å². The van der Waals surface area contributed by atoms with E-state index in [-0.39, 0.29) is 25.7 Å². The number of hydrogen-bond acceptors (Lipinski definition) is 15. The SMILES string of the molecule is CC/C=C\C/C=C\C/C=C\C/C=C\CCCCC(=O)OCC(COP(=O)(O)OCC(O)COP(=O)(O)OCC(COC(=O)CCCCCCC/C=C\CCCCCCCC)OC(=O)CCCCCCCCCCCCCCC)OC(=O)CCCCCCC/C=C\CCCC. The van der Waals surface area contributed by atoms with Crippen LogP contribution >= 0.6 is 15.6 Å². The summed E-state index contributed by atoms with van der Waals surface area (Å²) in [6.45, 7) is 4.67. The summed E-state index contributed by atoms with van der Waals surface area (Å²) in [5.74, 6) is -2.22. The monoisotopic (exact) mass is 1370 g/mol. The Morgan fingerprint density at radius 3 is 0.915 bits per heavy atom. The van der Waals surface area contributed by atoms with Crippen molar-refractivity contribution in [3.05, 3.63) is 72.9 Å². The van der Waals surface area contributed by atoms with Crippen LogP contribution in [0.15, 0.2) is 72.9 Å². The average molecular weight is 1370 g/mol. The van der Waals surface area contributed by atoms with Crippen LogP contribution in [-0.4, -0.2) is 96.7 Å². The average Bonchev–Trinajstić information content (AvgIpc) is 1.35. The topological polar surface area (TPSA) is 237 Å². The van der Waals surface area contributed by atoms with E-state index in [1.165, 1.54) is 103 Å². The van der Waals surface area contributed by atoms with Crippen molar-refractivity contribution in [3.63, 3.8) is 0 Å². The third kappa shape index (κ3) is 67.1. The van der Waals surface area contributed by atoms with Crippen molar-refractivity contribution < 1.29 is 80.2 Å². The van der Waals surface area contributed by atoms with Crippen LogP contribution in [0.3, 0.4) is 0 Å². The molecule has 546 valence electrons. The highest BCUT2D eigenvalue weighted by atomic mass is 31.2. The number of phosphoric ester groups is 2. The fourth-order valence-corrected chi connectivity index (χ4v) is 11.5. The number of carbonyl (C=O) groups is 4. The number of esters is 4. The molecule has 17 nitrogen and oxygen atoms in total. The molecule has 19 heteroatoms. The maximum atomic E-state index is 13.0. The molecule has 0 bridgehead atoms. The standard InChI is InChI=1S/C75H134O17P2/c1-5-9-13-17-21-25-29-32-34-37-40-43-47-51-55-59-72(77)85-65-70(91-74(79)61-57-53-49-45-39-28-24-20-16-12-8-4)67-89-93(81,82)87-63-69(76)64-88-94(83,84)90-68-71(92-75(80)62-58-54-50-46-42-36-31-27-23-19-15-11-7-3)66-86-73(78)60-56-52-48-44-41-38-35-33-30-26-22-18-14-10-6-2/h9,13,20-21,24-25,32-35,40,43,69-71,76H,5-8,10-12,14-19,22-23,26-31,36-39,41-42,44-68H2,1-4H3,(H,81,82)(H,83,84)/b13-9-,24-20-,25-21-,34-32-,35-33-,43-40-. The van der Waals surface area contributed by atoms with Gasteiger partial charge in [-0.1, -0.05) is 261 Å². The highest BCUT2D eigenvalue weighted by Gasteiger charge is 2.30. The summed E-state index contributed by atoms with van der Waals surface area (Å²) in [6.07, 6.45) is 66.2. The lowest BCUT2D eigenvalue weighted by Crippen LogP contribution is -2.30. The summed E-state index contributed by atoms with van der Waals surface area (Å²) in [5.41, 5.74) is 0. The van der Waals surface area contributed by atoms with E-state index in [1.54, 1.807) is 0 Å². The Morgan fingerprint density at radius 2 is 0.564 bits per heavy atom. The highest BCUT2D eigenvalue weighted by Crippen LogP contribution is 2.45. The van der Waals surface area contributed by atoms with Crippen molar-refractivity contribution in [2.24, 2.45) is 0 Å². The fourth-order valence-electron chi connectivity index (χ4n) is 9.95. The van der Waals surface area contributed by atoms with Gasteiger partial charge in [-0.3, -0.25) is 37.3 Å². The summed E-state index contributed by atoms with van der Waals surface area (Å²) < 4.78 is 68.3. The first-order chi connectivity index (χ1) is 45.7. The molecule has 0 aromatic heterocycles. The van der Waals surface area contributed by atoms with Crippen LogP contribution in [0.5, 0.6) is 0 Å². The molecule has 0 spiro atoms. The van der Waals surface area contributed by atoms with Gasteiger partial charge in [-0.15, -0.1) is 0 Å². The number of ether oxygens (including phenoxy) is 4. The quantitative estimate of drug-likeness (QED) is 0.0169. The van der Waals surface area contributed by atoms with Crippen LogP contribution < -0.4 is 0 Å². The van der Waals surface area contributed by atoms with E-state index in [4.69, 9.17) is 37.0 Å². The Balaban J connectivity index is 5.33. The molecule has 3 N–H and O–H groups in total. The van der Waals surface area contributed by atoms with Crippen molar-refractivity contribution in [3.8, 4) is 0 Å². The van der Waals surface area contributed by atoms with Gasteiger partial charge in [-0.2, -0.15) is 0 Å². The van der Waals surface area contributed by atoms with Gasteiger partial charge >= 0.3 is 39.5 Å². The Bertz CT molecular complexity index is 2070. The minimum Gasteiger partial charge on any atom is -0.462 e. The van der Waals surface area contributed by atoms with Gasteiger partial charge in [0, 0.05) is 25.7 Å². The Morgan fingerprint density at radius 1 is 0.309 bits per heavy atom. The van der Waals surface area contributed by atoms with E-state index >= 15 is 0 Å². The molecular weight excluding hydrogens is 1230 g/mol. The Labute approximate surface area is 571 Å². The van der Waals surface area contributed by atoms with Crippen molar-refractivity contribution in [2.45, 2.75) is 341 Å². The molecule has 0 aromatic carbocycles. The first-order valence-electron chi connectivity index (χ1n) is 37.2. The van der Waals surface area contributed by atoms with E-state index in [9.17, 15) is 43.2 Å². The van der Waals surface area contributed by atoms with Crippen LogP contribution in [0.2, 0.25) is 0 Å². The number of unbranched alkanes of at least 4 members (excludes halogenated alkanes) is 32. The van der Waals surface area contributed by atoms with E-state index in [0.717, 1.165) is 141 Å². The number of phosphoric acid groups is 2. The normalized spacial score (nSPS) is 14.4. The molecular formula is C75H134O17P2. The lowest BCUT2D eigenvalue weighted by atomic mass is 10.0. The van der Waals surface area contributed by atoms with Gasteiger partial charge in [-0.25, -0.2) is 9.13 Å². The first-order valence-corrected chi connectivity index (χ1v) is 40.2. The number of aliphatic hydroxyl groups is 1. The van der Waals surface area contributed by atoms with Gasteiger partial charge in [0.1, 0.15) is 19.3 Å². The molecule has 0 aliphatic rings. The second-order valence-electron chi connectivity index (χ2n) is 24.9. The zero-order valence-electron chi connectivity index (χ0n) is 59.4. The molecule has 0 aromatic rings. The van der Waals surface area contributed by atoms with Gasteiger partial charge in [0.05, 0.1) is 26.4 Å². The predicted molar refractivity (Wildman–Crippen MR) is 381 cm³/mol. The molecule has 0 fully saturated rings. The van der Waals surface area contributed by atoms with E-state index in [2.05, 4.69) is 101 Å². The highest BCUT2D eigenvalue weighted by molar-refractivity contribution is 7.47. The van der Waals surface area contributed by atoms with E-state index < -0.39 is 97.5 Å². The van der Waals surface area contributed by atoms with Gasteiger partial charge in [-0.05, 0) is 109 Å². The number of aliphatic hydroxyl groups excluding tert-OH is 1. The molecule has 0 aliphatic heterocycles. The summed E-state index contributed by atoms with van der Waals surface area (Å²) >= 11 is 0. The van der Waals surface area contributed by atoms with Crippen molar-refractivity contribution in [1.82, 2.24) is 0 Å². The van der Waals surface area contributed by atoms with E-state index in [0.29, 0.717) is 25.7 Å². The summed E-state index contributed by atoms with van der Waals surface area (Å²) in [4.78, 5) is 72.7. The molecule has 0 radical (unpaired) electrons. The summed E-state index contributed by atoms with van der Waals surface area (Å²) in [7, 11) is -9.94. The predicted octanol–water partition coefficient (Wildman–Crippen LogP) is 20.9. The molecule has 0 aliphatic carbocycles. The van der Waals surface area contributed by atoms with Crippen molar-refractivity contribution >= 4 is 39.5 Å². The van der Waals surface area contributed by atoms with Gasteiger partial charge in [0.15, 0.2) is 12.2 Å². The summed E-state index contributed by atoms with van der Waals surface area (Å²) in [6, 6.07) is 0. The first kappa shape index (κ1) is 90.5. The van der Waals surface area contributed by atoms with Gasteiger partial charge in [0.2, 0.25) is 0 Å². The second kappa shape index (κ2) is 68.0. The Hall–Kier alpha value is -3.50. The number of rotatable bonds is 70. The lowest BCUT2D eigenvalue weighted by molar-refractivity contribution is -0.161. The maximum Gasteiger partial charge on any atom is 0.472 e. The molecule has 0 heterocycles. The third-order valence-corrected chi connectivity index (χ3v) is 17.6. The second-order valence-corrected chi connectivity index (χ2v) is 27.8. The van der Waals surface area contributed by atoms with Crippen LogP contribution in [0.25, 0.3) is 0 Å². The molecule has 5 unspecified atom stereocenters.